The van der Waals surface area contributed by atoms with Crippen LogP contribution < -0.4 is 4.74 Å². The lowest BCUT2D eigenvalue weighted by atomic mass is 9.94. The highest BCUT2D eigenvalue weighted by molar-refractivity contribution is 8.18. The number of carbonyl (C=O) groups is 1. The number of aliphatic imine (C=N–C) groups is 1. The fourth-order valence-corrected chi connectivity index (χ4v) is 6.12. The second-order valence-corrected chi connectivity index (χ2v) is 10.1. The molecule has 0 radical (unpaired) electrons. The van der Waals surface area contributed by atoms with Crippen molar-refractivity contribution in [3.63, 3.8) is 0 Å². The van der Waals surface area contributed by atoms with Crippen LogP contribution in [-0.2, 0) is 11.2 Å². The Bertz CT molecular complexity index is 1290. The van der Waals surface area contributed by atoms with Gasteiger partial charge in [0, 0.05) is 11.6 Å². The van der Waals surface area contributed by atoms with Crippen molar-refractivity contribution >= 4 is 45.4 Å². The Morgan fingerprint density at radius 2 is 1.77 bits per heavy atom. The predicted octanol–water partition coefficient (Wildman–Crippen LogP) is 7.74. The molecular formula is C30H32N2O2S. The summed E-state index contributed by atoms with van der Waals surface area (Å²) >= 11 is 1.50. The molecular weight excluding hydrogens is 452 g/mol. The van der Waals surface area contributed by atoms with Crippen molar-refractivity contribution in [2.75, 3.05) is 6.61 Å². The third-order valence-electron chi connectivity index (χ3n) is 6.87. The molecule has 35 heavy (non-hydrogen) atoms. The second kappa shape index (κ2) is 10.7. The molecule has 2 fully saturated rings. The monoisotopic (exact) mass is 484 g/mol. The van der Waals surface area contributed by atoms with Gasteiger partial charge >= 0.3 is 0 Å². The molecule has 0 bridgehead atoms. The van der Waals surface area contributed by atoms with E-state index >= 15 is 0 Å². The van der Waals surface area contributed by atoms with Crippen LogP contribution in [-0.4, -0.2) is 28.6 Å². The molecule has 1 saturated carbocycles. The van der Waals surface area contributed by atoms with E-state index in [0.717, 1.165) is 65.0 Å². The van der Waals surface area contributed by atoms with Gasteiger partial charge in [0.1, 0.15) is 5.75 Å². The van der Waals surface area contributed by atoms with Crippen LogP contribution in [0.15, 0.2) is 70.6 Å². The van der Waals surface area contributed by atoms with Crippen molar-refractivity contribution in [1.82, 2.24) is 4.90 Å². The van der Waals surface area contributed by atoms with E-state index in [4.69, 9.17) is 9.73 Å². The lowest BCUT2D eigenvalue weighted by Gasteiger charge is -2.30. The van der Waals surface area contributed by atoms with E-state index in [1.807, 2.05) is 42.2 Å². The van der Waals surface area contributed by atoms with E-state index in [9.17, 15) is 4.79 Å². The van der Waals surface area contributed by atoms with Crippen molar-refractivity contribution in [2.45, 2.75) is 58.4 Å². The van der Waals surface area contributed by atoms with Crippen LogP contribution in [0.1, 0.15) is 57.1 Å². The normalized spacial score (nSPS) is 19.3. The quantitative estimate of drug-likeness (QED) is 0.336. The van der Waals surface area contributed by atoms with Crippen LogP contribution in [0.25, 0.3) is 16.8 Å². The minimum Gasteiger partial charge on any atom is -0.493 e. The number of fused-ring (bicyclic) bond motifs is 1. The highest BCUT2D eigenvalue weighted by Gasteiger charge is 2.39. The third kappa shape index (κ3) is 4.87. The van der Waals surface area contributed by atoms with E-state index in [1.165, 1.54) is 23.7 Å². The molecule has 4 nitrogen and oxygen atoms in total. The van der Waals surface area contributed by atoms with Crippen LogP contribution >= 0.6 is 11.8 Å². The molecule has 0 spiro atoms. The van der Waals surface area contributed by atoms with Crippen molar-refractivity contribution in [3.05, 3.63) is 76.7 Å². The predicted molar refractivity (Wildman–Crippen MR) is 147 cm³/mol. The molecule has 0 aromatic heterocycles. The Kier molecular flexibility index (Phi) is 7.24. The minimum atomic E-state index is 0.0602. The highest BCUT2D eigenvalue weighted by atomic mass is 32.2. The van der Waals surface area contributed by atoms with Gasteiger partial charge < -0.3 is 4.74 Å². The van der Waals surface area contributed by atoms with Gasteiger partial charge in [0.05, 0.1) is 17.2 Å². The van der Waals surface area contributed by atoms with Crippen molar-refractivity contribution in [2.24, 2.45) is 4.99 Å². The Morgan fingerprint density at radius 1 is 1.00 bits per heavy atom. The molecule has 0 N–H and O–H groups in total. The number of amidine groups is 1. The topological polar surface area (TPSA) is 41.9 Å². The molecule has 1 heterocycles. The second-order valence-electron chi connectivity index (χ2n) is 9.09. The van der Waals surface area contributed by atoms with Gasteiger partial charge in [0.2, 0.25) is 0 Å². The Balaban J connectivity index is 1.61. The number of hydrogen-bond donors (Lipinski definition) is 0. The first-order valence-corrected chi connectivity index (χ1v) is 13.6. The third-order valence-corrected chi connectivity index (χ3v) is 7.85. The lowest BCUT2D eigenvalue weighted by Crippen LogP contribution is -2.40. The van der Waals surface area contributed by atoms with Crippen LogP contribution in [0.3, 0.4) is 0 Å². The summed E-state index contributed by atoms with van der Waals surface area (Å²) in [6, 6.07) is 20.8. The molecule has 5 heteroatoms. The zero-order chi connectivity index (χ0) is 24.2. The van der Waals surface area contributed by atoms with Gasteiger partial charge in [-0.2, -0.15) is 0 Å². The van der Waals surface area contributed by atoms with Gasteiger partial charge in [-0.3, -0.25) is 9.69 Å². The molecule has 3 aromatic carbocycles. The minimum absolute atomic E-state index is 0.0602. The number of hydrogen-bond acceptors (Lipinski definition) is 4. The van der Waals surface area contributed by atoms with Crippen LogP contribution in [0, 0.1) is 0 Å². The molecule has 1 amide bonds. The first kappa shape index (κ1) is 23.7. The summed E-state index contributed by atoms with van der Waals surface area (Å²) in [5, 5.41) is 3.02. The molecule has 5 rings (SSSR count). The number of rotatable bonds is 6. The molecule has 1 saturated heterocycles. The summed E-state index contributed by atoms with van der Waals surface area (Å²) < 4.78 is 5.98. The average Bonchev–Trinajstić information content (AvgIpc) is 3.20. The summed E-state index contributed by atoms with van der Waals surface area (Å²) in [5.41, 5.74) is 3.11. The van der Waals surface area contributed by atoms with Gasteiger partial charge in [-0.15, -0.1) is 0 Å². The number of amides is 1. The van der Waals surface area contributed by atoms with Crippen LogP contribution in [0.5, 0.6) is 5.75 Å². The van der Waals surface area contributed by atoms with Gasteiger partial charge in [-0.25, -0.2) is 4.99 Å². The summed E-state index contributed by atoms with van der Waals surface area (Å²) in [6.07, 6.45) is 8.56. The summed E-state index contributed by atoms with van der Waals surface area (Å²) in [6.45, 7) is 4.71. The van der Waals surface area contributed by atoms with Gasteiger partial charge in [0.15, 0.2) is 5.17 Å². The zero-order valence-electron chi connectivity index (χ0n) is 20.5. The standard InChI is InChI=1S/C30H32N2O2S/c1-3-21-12-9-11-17-26(21)31-30-32(23-14-6-5-7-15-23)29(33)28(35-30)20-25-24-16-10-8-13-22(24)18-19-27(25)34-4-2/h8-13,16-20,23H,3-7,14-15H2,1-2H3/b28-20+,31-30?. The first-order chi connectivity index (χ1) is 17.2. The molecule has 0 unspecified atom stereocenters. The van der Waals surface area contributed by atoms with Crippen molar-refractivity contribution in [3.8, 4) is 5.75 Å². The SMILES string of the molecule is CCOc1ccc2ccccc2c1/C=C1/SC(=Nc2ccccc2CC)N(C2CCCCC2)C1=O. The molecule has 1 aliphatic heterocycles. The lowest BCUT2D eigenvalue weighted by molar-refractivity contribution is -0.124. The van der Waals surface area contributed by atoms with Gasteiger partial charge in [-0.1, -0.05) is 74.7 Å². The van der Waals surface area contributed by atoms with Gasteiger partial charge in [-0.05, 0) is 72.5 Å². The number of aryl methyl sites for hydroxylation is 1. The molecule has 180 valence electrons. The summed E-state index contributed by atoms with van der Waals surface area (Å²) in [4.78, 5) is 21.6. The summed E-state index contributed by atoms with van der Waals surface area (Å²) in [5.74, 6) is 0.864. The smallest absolute Gasteiger partial charge is 0.267 e. The Hall–Kier alpha value is -3.05. The molecule has 2 aliphatic rings. The number of para-hydroxylation sites is 1. The number of ether oxygens (including phenoxy) is 1. The fraction of sp³-hybridized carbons (Fsp3) is 0.333. The number of benzene rings is 3. The maximum Gasteiger partial charge on any atom is 0.267 e. The molecule has 1 aliphatic carbocycles. The summed E-state index contributed by atoms with van der Waals surface area (Å²) in [7, 11) is 0. The first-order valence-electron chi connectivity index (χ1n) is 12.7. The van der Waals surface area contributed by atoms with E-state index in [0.29, 0.717) is 11.5 Å². The number of carbonyl (C=O) groups excluding carboxylic acids is 1. The Morgan fingerprint density at radius 3 is 2.57 bits per heavy atom. The Labute approximate surface area is 212 Å². The van der Waals surface area contributed by atoms with E-state index < -0.39 is 0 Å². The molecule has 3 aromatic rings. The van der Waals surface area contributed by atoms with Crippen LogP contribution in [0.2, 0.25) is 0 Å². The van der Waals surface area contributed by atoms with Crippen molar-refractivity contribution < 1.29 is 9.53 Å². The zero-order valence-corrected chi connectivity index (χ0v) is 21.3. The molecule has 0 atom stereocenters. The average molecular weight is 485 g/mol. The maximum absolute atomic E-state index is 13.9. The van der Waals surface area contributed by atoms with E-state index in [2.05, 4.69) is 43.3 Å². The maximum atomic E-state index is 13.9. The number of nitrogens with zero attached hydrogens (tertiary/aromatic N) is 2. The highest BCUT2D eigenvalue weighted by Crippen LogP contribution is 2.41. The fourth-order valence-electron chi connectivity index (χ4n) is 5.08. The van der Waals surface area contributed by atoms with E-state index in [1.54, 1.807) is 0 Å². The van der Waals surface area contributed by atoms with Crippen LogP contribution in [0.4, 0.5) is 5.69 Å². The van der Waals surface area contributed by atoms with Gasteiger partial charge in [0.25, 0.3) is 5.91 Å². The number of thioether (sulfide) groups is 1. The van der Waals surface area contributed by atoms with E-state index in [-0.39, 0.29) is 11.9 Å². The van der Waals surface area contributed by atoms with Crippen molar-refractivity contribution in [1.29, 1.82) is 0 Å². The largest absolute Gasteiger partial charge is 0.493 e.